The first kappa shape index (κ1) is 9.21. The van der Waals surface area contributed by atoms with E-state index in [1.165, 1.54) is 5.56 Å². The highest BCUT2D eigenvalue weighted by molar-refractivity contribution is 5.73. The van der Waals surface area contributed by atoms with Gasteiger partial charge in [0.15, 0.2) is 0 Å². The quantitative estimate of drug-likeness (QED) is 0.706. The lowest BCUT2D eigenvalue weighted by atomic mass is 9.97. The van der Waals surface area contributed by atoms with Crippen molar-refractivity contribution in [2.75, 3.05) is 18.4 Å². The molecule has 1 aromatic carbocycles. The molecule has 14 heavy (non-hydrogen) atoms. The lowest BCUT2D eigenvalue weighted by Gasteiger charge is -2.13. The first-order valence-corrected chi connectivity index (χ1v) is 4.91. The van der Waals surface area contributed by atoms with Crippen LogP contribution in [0, 0.1) is 0 Å². The highest BCUT2D eigenvalue weighted by Crippen LogP contribution is 2.28. The van der Waals surface area contributed by atoms with Crippen molar-refractivity contribution in [1.29, 1.82) is 0 Å². The number of benzene rings is 1. The number of nitrogens with one attached hydrogen (secondary N) is 2. The minimum Gasteiger partial charge on any atom is -0.328 e. The van der Waals surface area contributed by atoms with Crippen molar-refractivity contribution in [3.63, 3.8) is 0 Å². The van der Waals surface area contributed by atoms with Gasteiger partial charge in [-0.2, -0.15) is 0 Å². The Morgan fingerprint density at radius 3 is 3.00 bits per heavy atom. The van der Waals surface area contributed by atoms with E-state index < -0.39 is 0 Å². The summed E-state index contributed by atoms with van der Waals surface area (Å²) in [6, 6.07) is 7.99. The Hall–Kier alpha value is -1.35. The lowest BCUT2D eigenvalue weighted by Crippen LogP contribution is -2.09. The zero-order chi connectivity index (χ0) is 9.80. The van der Waals surface area contributed by atoms with Crippen LogP contribution in [0.25, 0.3) is 0 Å². The zero-order valence-electron chi connectivity index (χ0n) is 7.99. The Labute approximate surface area is 83.5 Å². The number of carbonyl (C=O) groups is 1. The van der Waals surface area contributed by atoms with Crippen molar-refractivity contribution in [3.05, 3.63) is 29.8 Å². The van der Waals surface area contributed by atoms with E-state index in [0.717, 1.165) is 31.6 Å². The maximum absolute atomic E-state index is 10.4. The first-order chi connectivity index (χ1) is 6.92. The van der Waals surface area contributed by atoms with Gasteiger partial charge in [-0.05, 0) is 30.5 Å². The van der Waals surface area contributed by atoms with Gasteiger partial charge in [-0.3, -0.25) is 4.79 Å². The van der Waals surface area contributed by atoms with Crippen molar-refractivity contribution in [2.24, 2.45) is 0 Å². The van der Waals surface area contributed by atoms with Gasteiger partial charge in [0, 0.05) is 12.2 Å². The van der Waals surface area contributed by atoms with Crippen LogP contribution in [0.1, 0.15) is 17.9 Å². The molecule has 0 bridgehead atoms. The van der Waals surface area contributed by atoms with Crippen molar-refractivity contribution in [3.8, 4) is 0 Å². The van der Waals surface area contributed by atoms with Crippen LogP contribution in [0.15, 0.2) is 24.3 Å². The third kappa shape index (κ3) is 1.77. The summed E-state index contributed by atoms with van der Waals surface area (Å²) in [6.07, 6.45) is 1.89. The predicted octanol–water partition coefficient (Wildman–Crippen LogP) is 1.33. The molecule has 1 amide bonds. The summed E-state index contributed by atoms with van der Waals surface area (Å²) < 4.78 is 0. The van der Waals surface area contributed by atoms with Crippen LogP contribution < -0.4 is 10.6 Å². The van der Waals surface area contributed by atoms with Gasteiger partial charge in [-0.25, -0.2) is 0 Å². The third-order valence-corrected chi connectivity index (χ3v) is 2.68. The van der Waals surface area contributed by atoms with Crippen molar-refractivity contribution in [1.82, 2.24) is 5.32 Å². The average molecular weight is 190 g/mol. The van der Waals surface area contributed by atoms with Gasteiger partial charge in [-0.1, -0.05) is 18.2 Å². The number of para-hydroxylation sites is 1. The second-order valence-corrected chi connectivity index (χ2v) is 3.54. The van der Waals surface area contributed by atoms with Crippen LogP contribution in [0.4, 0.5) is 5.69 Å². The van der Waals surface area contributed by atoms with E-state index in [4.69, 9.17) is 0 Å². The minimum absolute atomic E-state index is 0.540. The van der Waals surface area contributed by atoms with Gasteiger partial charge in [-0.15, -0.1) is 0 Å². The van der Waals surface area contributed by atoms with Gasteiger partial charge in [0.05, 0.1) is 0 Å². The molecule has 1 heterocycles. The molecule has 2 N–H and O–H groups in total. The monoisotopic (exact) mass is 190 g/mol. The van der Waals surface area contributed by atoms with Crippen LogP contribution in [-0.2, 0) is 4.79 Å². The Morgan fingerprint density at radius 2 is 2.29 bits per heavy atom. The highest BCUT2D eigenvalue weighted by atomic mass is 16.1. The molecule has 1 atom stereocenters. The van der Waals surface area contributed by atoms with Crippen LogP contribution in [0.5, 0.6) is 0 Å². The van der Waals surface area contributed by atoms with Gasteiger partial charge in [0.2, 0.25) is 6.41 Å². The zero-order valence-corrected chi connectivity index (χ0v) is 7.99. The molecule has 1 saturated heterocycles. The molecule has 0 radical (unpaired) electrons. The summed E-state index contributed by atoms with van der Waals surface area (Å²) in [4.78, 5) is 10.4. The number of amides is 1. The molecule has 74 valence electrons. The van der Waals surface area contributed by atoms with Crippen LogP contribution >= 0.6 is 0 Å². The van der Waals surface area contributed by atoms with Gasteiger partial charge >= 0.3 is 0 Å². The fourth-order valence-corrected chi connectivity index (χ4v) is 1.97. The van der Waals surface area contributed by atoms with E-state index >= 15 is 0 Å². The number of hydrogen-bond donors (Lipinski definition) is 2. The summed E-state index contributed by atoms with van der Waals surface area (Å²) in [7, 11) is 0. The standard InChI is InChI=1S/C11H14N2O/c14-8-13-11-4-2-1-3-10(11)9-5-6-12-7-9/h1-4,8-9,12H,5-7H2,(H,13,14). The van der Waals surface area contributed by atoms with Gasteiger partial charge in [0.1, 0.15) is 0 Å². The molecule has 1 aliphatic rings. The maximum Gasteiger partial charge on any atom is 0.211 e. The lowest BCUT2D eigenvalue weighted by molar-refractivity contribution is -0.105. The molecule has 1 aromatic rings. The molecule has 1 fully saturated rings. The van der Waals surface area contributed by atoms with Crippen LogP contribution in [-0.4, -0.2) is 19.5 Å². The number of hydrogen-bond acceptors (Lipinski definition) is 2. The normalized spacial score (nSPS) is 20.7. The van der Waals surface area contributed by atoms with Crippen molar-refractivity contribution >= 4 is 12.1 Å². The number of carbonyl (C=O) groups excluding carboxylic acids is 1. The molecule has 1 unspecified atom stereocenters. The van der Waals surface area contributed by atoms with Crippen molar-refractivity contribution in [2.45, 2.75) is 12.3 Å². The van der Waals surface area contributed by atoms with E-state index in [1.807, 2.05) is 18.2 Å². The molecule has 0 saturated carbocycles. The molecule has 3 nitrogen and oxygen atoms in total. The third-order valence-electron chi connectivity index (χ3n) is 2.68. The topological polar surface area (TPSA) is 41.1 Å². The van der Waals surface area contributed by atoms with Crippen LogP contribution in [0.3, 0.4) is 0 Å². The smallest absolute Gasteiger partial charge is 0.211 e. The van der Waals surface area contributed by atoms with E-state index in [2.05, 4.69) is 16.7 Å². The van der Waals surface area contributed by atoms with E-state index in [9.17, 15) is 4.79 Å². The molecule has 0 aromatic heterocycles. The van der Waals surface area contributed by atoms with Crippen LogP contribution in [0.2, 0.25) is 0 Å². The van der Waals surface area contributed by atoms with E-state index in [0.29, 0.717) is 5.92 Å². The summed E-state index contributed by atoms with van der Waals surface area (Å²) in [6.45, 7) is 2.08. The molecule has 0 spiro atoms. The summed E-state index contributed by atoms with van der Waals surface area (Å²) >= 11 is 0. The summed E-state index contributed by atoms with van der Waals surface area (Å²) in [5.41, 5.74) is 2.18. The Kier molecular flexibility index (Phi) is 2.79. The minimum atomic E-state index is 0.540. The van der Waals surface area contributed by atoms with Crippen molar-refractivity contribution < 1.29 is 4.79 Å². The molecule has 2 rings (SSSR count). The van der Waals surface area contributed by atoms with Gasteiger partial charge in [0.25, 0.3) is 0 Å². The SMILES string of the molecule is O=CNc1ccccc1C1CCNC1. The average Bonchev–Trinajstić information content (AvgIpc) is 2.72. The first-order valence-electron chi connectivity index (χ1n) is 4.91. The second kappa shape index (κ2) is 4.24. The fraction of sp³-hybridized carbons (Fsp3) is 0.364. The van der Waals surface area contributed by atoms with Gasteiger partial charge < -0.3 is 10.6 Å². The largest absolute Gasteiger partial charge is 0.328 e. The summed E-state index contributed by atoms with van der Waals surface area (Å²) in [5, 5.41) is 6.07. The highest BCUT2D eigenvalue weighted by Gasteiger charge is 2.18. The molecule has 1 aliphatic heterocycles. The fourth-order valence-electron chi connectivity index (χ4n) is 1.97. The Balaban J connectivity index is 2.25. The Morgan fingerprint density at radius 1 is 1.43 bits per heavy atom. The second-order valence-electron chi connectivity index (χ2n) is 3.54. The van der Waals surface area contributed by atoms with E-state index in [1.54, 1.807) is 0 Å². The molecular formula is C11H14N2O. The molecule has 0 aliphatic carbocycles. The summed E-state index contributed by atoms with van der Waals surface area (Å²) in [5.74, 6) is 0.540. The Bertz CT molecular complexity index is 319. The predicted molar refractivity (Wildman–Crippen MR) is 56.4 cm³/mol. The molecular weight excluding hydrogens is 176 g/mol. The number of rotatable bonds is 3. The molecule has 3 heteroatoms. The number of anilines is 1. The van der Waals surface area contributed by atoms with E-state index in [-0.39, 0.29) is 0 Å². The maximum atomic E-state index is 10.4.